The van der Waals surface area contributed by atoms with Gasteiger partial charge in [-0.2, -0.15) is 0 Å². The minimum Gasteiger partial charge on any atom is -0.633 e. The van der Waals surface area contributed by atoms with Crippen LogP contribution in [0.3, 0.4) is 0 Å². The molecule has 1 heterocycles. The van der Waals surface area contributed by atoms with E-state index in [1.54, 1.807) is 0 Å². The minimum absolute atomic E-state index is 0.0230. The van der Waals surface area contributed by atoms with Crippen molar-refractivity contribution in [2.75, 3.05) is 39.5 Å². The lowest BCUT2D eigenvalue weighted by atomic mass is 10.1. The number of aliphatic hydroxyl groups is 1. The van der Waals surface area contributed by atoms with E-state index in [4.69, 9.17) is 9.84 Å². The van der Waals surface area contributed by atoms with Crippen LogP contribution in [-0.2, 0) is 4.74 Å². The lowest BCUT2D eigenvalue weighted by molar-refractivity contribution is -0.888. The number of hydrogen-bond donors (Lipinski definition) is 1. The Morgan fingerprint density at radius 1 is 0.750 bits per heavy atom. The molecule has 0 unspecified atom stereocenters. The number of nitrogens with zero attached hydrogens (tertiary/aromatic N) is 1. The summed E-state index contributed by atoms with van der Waals surface area (Å²) in [7, 11) is 0. The van der Waals surface area contributed by atoms with Crippen molar-refractivity contribution in [1.29, 1.82) is 0 Å². The first kappa shape index (κ1) is 17.9. The van der Waals surface area contributed by atoms with Gasteiger partial charge in [0.1, 0.15) is 13.1 Å². The monoisotopic (exact) mass is 287 g/mol. The molecule has 0 amide bonds. The van der Waals surface area contributed by atoms with Gasteiger partial charge in [-0.05, 0) is 19.3 Å². The third-order valence-electron chi connectivity index (χ3n) is 4.26. The second kappa shape index (κ2) is 11.5. The van der Waals surface area contributed by atoms with Gasteiger partial charge < -0.3 is 19.7 Å². The van der Waals surface area contributed by atoms with Gasteiger partial charge in [0.05, 0.1) is 19.8 Å². The Kier molecular flexibility index (Phi) is 10.3. The maximum atomic E-state index is 12.2. The molecule has 4 nitrogen and oxygen atoms in total. The molecule has 20 heavy (non-hydrogen) atoms. The highest BCUT2D eigenvalue weighted by Crippen LogP contribution is 2.14. The zero-order chi connectivity index (χ0) is 14.5. The number of rotatable bonds is 12. The number of aliphatic hydroxyl groups excluding tert-OH is 1. The van der Waals surface area contributed by atoms with Crippen molar-refractivity contribution in [2.24, 2.45) is 0 Å². The lowest BCUT2D eigenvalue weighted by Crippen LogP contribution is -2.50. The zero-order valence-corrected chi connectivity index (χ0v) is 13.0. The second-order valence-corrected chi connectivity index (χ2v) is 6.10. The van der Waals surface area contributed by atoms with Gasteiger partial charge in [0.15, 0.2) is 0 Å². The molecule has 1 saturated heterocycles. The average Bonchev–Trinajstić information content (AvgIpc) is 2.45. The van der Waals surface area contributed by atoms with E-state index in [2.05, 4.69) is 0 Å². The largest absolute Gasteiger partial charge is 0.633 e. The van der Waals surface area contributed by atoms with E-state index < -0.39 is 0 Å². The van der Waals surface area contributed by atoms with Crippen molar-refractivity contribution in [3.63, 3.8) is 0 Å². The van der Waals surface area contributed by atoms with E-state index in [0.29, 0.717) is 32.9 Å². The fraction of sp³-hybridized carbons (Fsp3) is 1.00. The van der Waals surface area contributed by atoms with Crippen LogP contribution in [0.2, 0.25) is 0 Å². The maximum absolute atomic E-state index is 12.2. The van der Waals surface area contributed by atoms with E-state index >= 15 is 0 Å². The molecule has 0 aromatic heterocycles. The zero-order valence-electron chi connectivity index (χ0n) is 13.0. The number of quaternary nitrogens is 1. The molecule has 1 aliphatic heterocycles. The SMILES string of the molecule is [O-][N+]1(CCCCCCCCCCCCO)CCOCC1. The van der Waals surface area contributed by atoms with Crippen LogP contribution in [0.5, 0.6) is 0 Å². The van der Waals surface area contributed by atoms with Crippen LogP contribution in [0.1, 0.15) is 64.2 Å². The number of morpholine rings is 1. The summed E-state index contributed by atoms with van der Waals surface area (Å²) < 4.78 is 5.22. The highest BCUT2D eigenvalue weighted by molar-refractivity contribution is 4.52. The Labute approximate surface area is 124 Å². The Morgan fingerprint density at radius 3 is 1.70 bits per heavy atom. The van der Waals surface area contributed by atoms with E-state index in [1.165, 1.54) is 51.4 Å². The molecular weight excluding hydrogens is 254 g/mol. The predicted octanol–water partition coefficient (Wildman–Crippen LogP) is 3.22. The van der Waals surface area contributed by atoms with E-state index in [1.807, 2.05) is 0 Å². The average molecular weight is 287 g/mol. The van der Waals surface area contributed by atoms with E-state index in [9.17, 15) is 5.21 Å². The quantitative estimate of drug-likeness (QED) is 0.340. The predicted molar refractivity (Wildman–Crippen MR) is 82.3 cm³/mol. The third kappa shape index (κ3) is 8.90. The first-order valence-corrected chi connectivity index (χ1v) is 8.52. The molecule has 0 aromatic carbocycles. The van der Waals surface area contributed by atoms with Crippen molar-refractivity contribution in [2.45, 2.75) is 64.2 Å². The van der Waals surface area contributed by atoms with Crippen molar-refractivity contribution < 1.29 is 14.5 Å². The number of hydroxylamine groups is 3. The molecule has 0 spiro atoms. The summed E-state index contributed by atoms with van der Waals surface area (Å²) >= 11 is 0. The fourth-order valence-electron chi connectivity index (χ4n) is 2.83. The summed E-state index contributed by atoms with van der Waals surface area (Å²) in [5.41, 5.74) is 0. The van der Waals surface area contributed by atoms with Gasteiger partial charge in [-0.1, -0.05) is 44.9 Å². The van der Waals surface area contributed by atoms with Gasteiger partial charge in [-0.15, -0.1) is 0 Å². The summed E-state index contributed by atoms with van der Waals surface area (Å²) in [6, 6.07) is 0. The molecule has 1 rings (SSSR count). The molecule has 0 aromatic rings. The standard InChI is InChI=1S/C16H33NO3/c18-14-10-8-6-4-2-1-3-5-7-9-11-17(19)12-15-20-16-13-17/h18H,1-16H2. The molecular formula is C16H33NO3. The molecule has 1 N–H and O–H groups in total. The second-order valence-electron chi connectivity index (χ2n) is 6.10. The molecule has 0 aliphatic carbocycles. The normalized spacial score (nSPS) is 18.3. The van der Waals surface area contributed by atoms with Gasteiger partial charge in [0.2, 0.25) is 0 Å². The van der Waals surface area contributed by atoms with Gasteiger partial charge in [0, 0.05) is 6.61 Å². The molecule has 1 fully saturated rings. The van der Waals surface area contributed by atoms with Gasteiger partial charge in [0.25, 0.3) is 0 Å². The molecule has 4 heteroatoms. The molecule has 0 atom stereocenters. The van der Waals surface area contributed by atoms with Gasteiger partial charge in [-0.3, -0.25) is 0 Å². The smallest absolute Gasteiger partial charge is 0.102 e. The van der Waals surface area contributed by atoms with Crippen LogP contribution in [0.15, 0.2) is 0 Å². The van der Waals surface area contributed by atoms with Gasteiger partial charge >= 0.3 is 0 Å². The highest BCUT2D eigenvalue weighted by Gasteiger charge is 2.19. The summed E-state index contributed by atoms with van der Waals surface area (Å²) in [6.45, 7) is 3.69. The first-order valence-electron chi connectivity index (χ1n) is 8.52. The minimum atomic E-state index is -0.0230. The maximum Gasteiger partial charge on any atom is 0.102 e. The Bertz CT molecular complexity index is 218. The van der Waals surface area contributed by atoms with Crippen molar-refractivity contribution in [1.82, 2.24) is 0 Å². The molecule has 1 aliphatic rings. The van der Waals surface area contributed by atoms with Crippen LogP contribution in [0.25, 0.3) is 0 Å². The number of unbranched alkanes of at least 4 members (excludes halogenated alkanes) is 9. The summed E-state index contributed by atoms with van der Waals surface area (Å²) in [5, 5.41) is 20.9. The fourth-order valence-corrected chi connectivity index (χ4v) is 2.83. The van der Waals surface area contributed by atoms with Crippen LogP contribution in [0.4, 0.5) is 0 Å². The van der Waals surface area contributed by atoms with E-state index in [0.717, 1.165) is 19.4 Å². The Hall–Kier alpha value is -0.160. The Morgan fingerprint density at radius 2 is 1.20 bits per heavy atom. The summed E-state index contributed by atoms with van der Waals surface area (Å²) in [5.74, 6) is 0. The van der Waals surface area contributed by atoms with Crippen molar-refractivity contribution in [3.05, 3.63) is 5.21 Å². The third-order valence-corrected chi connectivity index (χ3v) is 4.26. The summed E-state index contributed by atoms with van der Waals surface area (Å²) in [6.07, 6.45) is 12.2. The van der Waals surface area contributed by atoms with Crippen LogP contribution >= 0.6 is 0 Å². The highest BCUT2D eigenvalue weighted by atomic mass is 16.6. The number of ether oxygens (including phenoxy) is 1. The van der Waals surface area contributed by atoms with E-state index in [-0.39, 0.29) is 4.65 Å². The number of hydrogen-bond acceptors (Lipinski definition) is 3. The summed E-state index contributed by atoms with van der Waals surface area (Å²) in [4.78, 5) is 0. The van der Waals surface area contributed by atoms with Crippen LogP contribution in [-0.4, -0.2) is 49.2 Å². The molecule has 0 bridgehead atoms. The molecule has 0 radical (unpaired) electrons. The first-order chi connectivity index (χ1) is 9.77. The molecule has 0 saturated carbocycles. The van der Waals surface area contributed by atoms with Crippen LogP contribution in [0, 0.1) is 5.21 Å². The van der Waals surface area contributed by atoms with Gasteiger partial charge in [-0.25, -0.2) is 0 Å². The molecule has 120 valence electrons. The van der Waals surface area contributed by atoms with Crippen LogP contribution < -0.4 is 0 Å². The lowest BCUT2D eigenvalue weighted by Gasteiger charge is -2.45. The van der Waals surface area contributed by atoms with Crippen molar-refractivity contribution >= 4 is 0 Å². The van der Waals surface area contributed by atoms with Crippen molar-refractivity contribution in [3.8, 4) is 0 Å². The topological polar surface area (TPSA) is 52.5 Å². The Balaban J connectivity index is 1.80.